The molecule has 0 amide bonds. The highest BCUT2D eigenvalue weighted by Gasteiger charge is 2.81. The average molecular weight is 274 g/mol. The molecule has 1 nitrogen and oxygen atoms in total. The van der Waals surface area contributed by atoms with Crippen molar-refractivity contribution >= 4 is 0 Å². The maximum atomic E-state index is 13.1. The third-order valence-electron chi connectivity index (χ3n) is 4.08. The molecule has 0 aromatic carbocycles. The zero-order valence-corrected chi connectivity index (χ0v) is 9.53. The van der Waals surface area contributed by atoms with Crippen LogP contribution < -0.4 is 0 Å². The van der Waals surface area contributed by atoms with E-state index in [1.165, 1.54) is 6.08 Å². The standard InChI is InChI=1S/C11H12F6O/c1-18-9(10(12,13)14,11(15,16)17)8-4-2-7(6-8)3-5-8/h2,4,7H,3,5-6H2,1H3. The van der Waals surface area contributed by atoms with Crippen molar-refractivity contribution in [3.8, 4) is 0 Å². The van der Waals surface area contributed by atoms with Crippen LogP contribution in [0.4, 0.5) is 26.3 Å². The highest BCUT2D eigenvalue weighted by molar-refractivity contribution is 5.26. The number of rotatable bonds is 2. The molecule has 0 heterocycles. The molecule has 0 aromatic rings. The van der Waals surface area contributed by atoms with E-state index in [0.717, 1.165) is 6.08 Å². The molecule has 0 radical (unpaired) electrons. The molecule has 0 aliphatic heterocycles. The van der Waals surface area contributed by atoms with Gasteiger partial charge in [-0.15, -0.1) is 0 Å². The number of hydrogen-bond donors (Lipinski definition) is 0. The summed E-state index contributed by atoms with van der Waals surface area (Å²) in [5.74, 6) is -0.204. The molecule has 2 bridgehead atoms. The molecule has 0 N–H and O–H groups in total. The number of halogens is 6. The van der Waals surface area contributed by atoms with Crippen molar-refractivity contribution in [1.82, 2.24) is 0 Å². The van der Waals surface area contributed by atoms with Crippen LogP contribution in [0.25, 0.3) is 0 Å². The zero-order valence-electron chi connectivity index (χ0n) is 9.53. The molecule has 0 spiro atoms. The van der Waals surface area contributed by atoms with Crippen molar-refractivity contribution in [2.24, 2.45) is 11.3 Å². The average Bonchev–Trinajstić information content (AvgIpc) is 2.74. The van der Waals surface area contributed by atoms with Crippen LogP contribution in [0, 0.1) is 11.3 Å². The van der Waals surface area contributed by atoms with E-state index < -0.39 is 23.4 Å². The number of ether oxygens (including phenoxy) is 1. The molecule has 1 fully saturated rings. The zero-order chi connectivity index (χ0) is 13.8. The van der Waals surface area contributed by atoms with E-state index in [4.69, 9.17) is 0 Å². The van der Waals surface area contributed by atoms with E-state index in [-0.39, 0.29) is 18.8 Å². The highest BCUT2D eigenvalue weighted by Crippen LogP contribution is 2.65. The van der Waals surface area contributed by atoms with Gasteiger partial charge < -0.3 is 4.74 Å². The molecule has 18 heavy (non-hydrogen) atoms. The number of methoxy groups -OCH3 is 1. The van der Waals surface area contributed by atoms with Gasteiger partial charge in [0.1, 0.15) is 0 Å². The molecule has 0 saturated heterocycles. The monoisotopic (exact) mass is 274 g/mol. The van der Waals surface area contributed by atoms with E-state index in [1.807, 2.05) is 0 Å². The molecular formula is C11H12F6O. The van der Waals surface area contributed by atoms with E-state index in [1.54, 1.807) is 0 Å². The van der Waals surface area contributed by atoms with Crippen LogP contribution in [0.1, 0.15) is 19.3 Å². The summed E-state index contributed by atoms with van der Waals surface area (Å²) in [4.78, 5) is 0. The Labute approximate surface area is 99.8 Å². The lowest BCUT2D eigenvalue weighted by molar-refractivity contribution is -0.403. The minimum atomic E-state index is -5.50. The fourth-order valence-electron chi connectivity index (χ4n) is 3.35. The van der Waals surface area contributed by atoms with Crippen LogP contribution in [-0.2, 0) is 4.74 Å². The smallest absolute Gasteiger partial charge is 0.361 e. The third-order valence-corrected chi connectivity index (χ3v) is 4.08. The predicted molar refractivity (Wildman–Crippen MR) is 50.8 cm³/mol. The van der Waals surface area contributed by atoms with Crippen LogP contribution in [0.15, 0.2) is 12.2 Å². The van der Waals surface area contributed by atoms with Gasteiger partial charge in [0.25, 0.3) is 5.60 Å². The first-order valence-corrected chi connectivity index (χ1v) is 5.48. The SMILES string of the molecule is COC(C(F)(F)F)(C(F)(F)F)C12C=CC(CC1)C2. The Morgan fingerprint density at radius 2 is 1.67 bits per heavy atom. The van der Waals surface area contributed by atoms with Gasteiger partial charge in [0.2, 0.25) is 0 Å². The summed E-state index contributed by atoms with van der Waals surface area (Å²) < 4.78 is 82.6. The minimum absolute atomic E-state index is 0.152. The van der Waals surface area contributed by atoms with Gasteiger partial charge in [0.05, 0.1) is 0 Å². The van der Waals surface area contributed by atoms with Crippen molar-refractivity contribution in [3.05, 3.63) is 12.2 Å². The summed E-state index contributed by atoms with van der Waals surface area (Å²) in [5.41, 5.74) is -6.11. The fourth-order valence-corrected chi connectivity index (χ4v) is 3.35. The van der Waals surface area contributed by atoms with E-state index >= 15 is 0 Å². The first kappa shape index (κ1) is 13.7. The molecule has 2 unspecified atom stereocenters. The molecule has 2 aliphatic rings. The Morgan fingerprint density at radius 1 is 1.11 bits per heavy atom. The van der Waals surface area contributed by atoms with E-state index in [2.05, 4.69) is 4.74 Å². The molecule has 104 valence electrons. The normalized spacial score (nSPS) is 32.3. The molecule has 0 aromatic heterocycles. The molecule has 2 rings (SSSR count). The van der Waals surface area contributed by atoms with Gasteiger partial charge in [-0.3, -0.25) is 0 Å². The van der Waals surface area contributed by atoms with Crippen molar-refractivity contribution in [2.75, 3.05) is 7.11 Å². The van der Waals surface area contributed by atoms with E-state index in [9.17, 15) is 26.3 Å². The maximum Gasteiger partial charge on any atom is 0.427 e. The summed E-state index contributed by atoms with van der Waals surface area (Å²) in [6.07, 6.45) is -8.47. The van der Waals surface area contributed by atoms with Gasteiger partial charge in [-0.2, -0.15) is 26.3 Å². The minimum Gasteiger partial charge on any atom is -0.361 e. The van der Waals surface area contributed by atoms with Gasteiger partial charge in [-0.1, -0.05) is 12.2 Å². The van der Waals surface area contributed by atoms with Crippen molar-refractivity contribution in [2.45, 2.75) is 37.2 Å². The Bertz CT molecular complexity index is 355. The number of allylic oxidation sites excluding steroid dienone is 1. The second-order valence-electron chi connectivity index (χ2n) is 4.90. The topological polar surface area (TPSA) is 9.23 Å². The summed E-state index contributed by atoms with van der Waals surface area (Å²) >= 11 is 0. The van der Waals surface area contributed by atoms with Crippen LogP contribution in [0.2, 0.25) is 0 Å². The summed E-state index contributed by atoms with van der Waals surface area (Å²) in [5, 5.41) is 0. The molecule has 2 aliphatic carbocycles. The molecule has 1 saturated carbocycles. The maximum absolute atomic E-state index is 13.1. The summed E-state index contributed by atoms with van der Waals surface area (Å²) in [7, 11) is 0.481. The molecule has 7 heteroatoms. The molecule has 2 atom stereocenters. The van der Waals surface area contributed by atoms with Gasteiger partial charge in [-0.05, 0) is 25.2 Å². The quantitative estimate of drug-likeness (QED) is 0.549. The Balaban J connectivity index is 2.59. The predicted octanol–water partition coefficient (Wildman–Crippen LogP) is 3.85. The Hall–Kier alpha value is -0.720. The van der Waals surface area contributed by atoms with Gasteiger partial charge in [0.15, 0.2) is 0 Å². The lowest BCUT2D eigenvalue weighted by Crippen LogP contribution is -2.66. The van der Waals surface area contributed by atoms with Crippen molar-refractivity contribution in [3.63, 3.8) is 0 Å². The number of alkyl halides is 6. The van der Waals surface area contributed by atoms with Crippen LogP contribution in [-0.4, -0.2) is 25.1 Å². The second kappa shape index (κ2) is 3.65. The number of fused-ring (bicyclic) bond motifs is 2. The lowest BCUT2D eigenvalue weighted by Gasteiger charge is -2.46. The van der Waals surface area contributed by atoms with Gasteiger partial charge in [-0.25, -0.2) is 0 Å². The fraction of sp³-hybridized carbons (Fsp3) is 0.818. The third kappa shape index (κ3) is 1.45. The lowest BCUT2D eigenvalue weighted by atomic mass is 9.70. The highest BCUT2D eigenvalue weighted by atomic mass is 19.4. The molecular weight excluding hydrogens is 262 g/mol. The Kier molecular flexibility index (Phi) is 2.78. The van der Waals surface area contributed by atoms with Crippen molar-refractivity contribution in [1.29, 1.82) is 0 Å². The van der Waals surface area contributed by atoms with Gasteiger partial charge in [0, 0.05) is 12.5 Å². The van der Waals surface area contributed by atoms with Crippen LogP contribution in [0.5, 0.6) is 0 Å². The first-order chi connectivity index (χ1) is 8.10. The largest absolute Gasteiger partial charge is 0.427 e. The van der Waals surface area contributed by atoms with Crippen LogP contribution in [0.3, 0.4) is 0 Å². The van der Waals surface area contributed by atoms with Crippen molar-refractivity contribution < 1.29 is 31.1 Å². The van der Waals surface area contributed by atoms with Crippen LogP contribution >= 0.6 is 0 Å². The van der Waals surface area contributed by atoms with Gasteiger partial charge >= 0.3 is 12.4 Å². The van der Waals surface area contributed by atoms with E-state index in [0.29, 0.717) is 13.5 Å². The second-order valence-corrected chi connectivity index (χ2v) is 4.90. The summed E-state index contributed by atoms with van der Waals surface area (Å²) in [6.45, 7) is 0. The Morgan fingerprint density at radius 3 is 1.89 bits per heavy atom. The summed E-state index contributed by atoms with van der Waals surface area (Å²) in [6, 6.07) is 0. The number of hydrogen-bond acceptors (Lipinski definition) is 1. The first-order valence-electron chi connectivity index (χ1n) is 5.48.